The number of benzene rings is 3. The van der Waals surface area contributed by atoms with E-state index < -0.39 is 23.2 Å². The molecular formula is C33H31F3N2O3. The molecule has 0 bridgehead atoms. The minimum atomic E-state index is -4.52. The molecule has 1 aromatic heterocycles. The number of hydrogen-bond acceptors (Lipinski definition) is 3. The van der Waals surface area contributed by atoms with E-state index in [1.807, 2.05) is 24.3 Å². The van der Waals surface area contributed by atoms with Crippen molar-refractivity contribution in [3.63, 3.8) is 0 Å². The van der Waals surface area contributed by atoms with Crippen molar-refractivity contribution in [2.75, 3.05) is 10.2 Å². The fourth-order valence-corrected chi connectivity index (χ4v) is 5.11. The van der Waals surface area contributed by atoms with Crippen LogP contribution in [0.5, 0.6) is 0 Å². The molecule has 0 radical (unpaired) electrons. The van der Waals surface area contributed by atoms with E-state index in [0.717, 1.165) is 23.3 Å². The van der Waals surface area contributed by atoms with Gasteiger partial charge < -0.3 is 9.73 Å². The molecule has 1 fully saturated rings. The molecule has 1 unspecified atom stereocenters. The fourth-order valence-electron chi connectivity index (χ4n) is 5.11. The Labute approximate surface area is 237 Å². The molecule has 3 aromatic carbocycles. The number of nitrogens with zero attached hydrogens (tertiary/aromatic N) is 1. The van der Waals surface area contributed by atoms with Gasteiger partial charge in [-0.3, -0.25) is 14.5 Å². The number of amides is 2. The summed E-state index contributed by atoms with van der Waals surface area (Å²) in [5.74, 6) is 0.162. The lowest BCUT2D eigenvalue weighted by atomic mass is 9.79. The number of halogens is 3. The summed E-state index contributed by atoms with van der Waals surface area (Å²) in [6.07, 6.45) is -4.68. The highest BCUT2D eigenvalue weighted by Crippen LogP contribution is 2.47. The molecule has 1 N–H and O–H groups in total. The molecule has 0 saturated carbocycles. The number of nitrogens with one attached hydrogen (secondary N) is 1. The summed E-state index contributed by atoms with van der Waals surface area (Å²) in [7, 11) is 0. The Balaban J connectivity index is 1.56. The number of hydrogen-bond donors (Lipinski definition) is 1. The maximum Gasteiger partial charge on any atom is 0.416 e. The Hall–Kier alpha value is -4.33. The third-order valence-electron chi connectivity index (χ3n) is 7.56. The quantitative estimate of drug-likeness (QED) is 0.231. The zero-order valence-corrected chi connectivity index (χ0v) is 23.3. The Morgan fingerprint density at radius 2 is 1.49 bits per heavy atom. The highest BCUT2D eigenvalue weighted by molar-refractivity contribution is 6.16. The van der Waals surface area contributed by atoms with Gasteiger partial charge in [-0.1, -0.05) is 64.1 Å². The zero-order valence-electron chi connectivity index (χ0n) is 23.3. The van der Waals surface area contributed by atoms with E-state index in [-0.39, 0.29) is 35.3 Å². The number of rotatable bonds is 7. The van der Waals surface area contributed by atoms with Gasteiger partial charge in [0.15, 0.2) is 5.54 Å². The van der Waals surface area contributed by atoms with Crippen LogP contribution in [-0.4, -0.2) is 11.8 Å². The van der Waals surface area contributed by atoms with E-state index in [2.05, 4.69) is 33.0 Å². The first-order valence-corrected chi connectivity index (χ1v) is 13.5. The summed E-state index contributed by atoms with van der Waals surface area (Å²) < 4.78 is 46.2. The molecule has 1 atom stereocenters. The Bertz CT molecular complexity index is 1570. The molecule has 2 heterocycles. The molecule has 1 saturated heterocycles. The van der Waals surface area contributed by atoms with Crippen molar-refractivity contribution in [2.45, 2.75) is 57.7 Å². The summed E-state index contributed by atoms with van der Waals surface area (Å²) in [5, 5.41) is 2.94. The lowest BCUT2D eigenvalue weighted by Gasteiger charge is -2.49. The second-order valence-electron chi connectivity index (χ2n) is 11.0. The molecule has 5 rings (SSSR count). The molecule has 4 aromatic rings. The second kappa shape index (κ2) is 10.6. The standard InChI is InChI=1S/C33H31F3N2O3/c1-20(2)22-8-12-26(13-9-22)37-31(40)32(19-30(39)38(32)27-14-10-23(11-15-27)21(3)4)29-17-16-28(41-29)24-6-5-7-25(18-24)33(34,35)36/h5-18,20-21H,19H2,1-4H3,(H,37,40). The fraction of sp³-hybridized carbons (Fsp3) is 0.273. The minimum absolute atomic E-state index is 0.161. The van der Waals surface area contributed by atoms with Crippen LogP contribution in [0.25, 0.3) is 11.3 Å². The molecule has 1 aliphatic heterocycles. The molecule has 212 valence electrons. The largest absolute Gasteiger partial charge is 0.458 e. The van der Waals surface area contributed by atoms with Crippen molar-refractivity contribution in [1.29, 1.82) is 0 Å². The van der Waals surface area contributed by atoms with Gasteiger partial charge >= 0.3 is 6.18 Å². The molecular weight excluding hydrogens is 529 g/mol. The van der Waals surface area contributed by atoms with Crippen molar-refractivity contribution >= 4 is 23.2 Å². The number of anilines is 2. The van der Waals surface area contributed by atoms with Crippen LogP contribution in [0.3, 0.4) is 0 Å². The third-order valence-corrected chi connectivity index (χ3v) is 7.56. The first-order chi connectivity index (χ1) is 19.4. The van der Waals surface area contributed by atoms with Gasteiger partial charge in [-0.25, -0.2) is 0 Å². The Morgan fingerprint density at radius 3 is 2.05 bits per heavy atom. The van der Waals surface area contributed by atoms with Crippen LogP contribution >= 0.6 is 0 Å². The molecule has 8 heteroatoms. The van der Waals surface area contributed by atoms with Gasteiger partial charge in [-0.2, -0.15) is 13.2 Å². The van der Waals surface area contributed by atoms with E-state index >= 15 is 0 Å². The molecule has 0 aliphatic carbocycles. The van der Waals surface area contributed by atoms with Crippen LogP contribution in [0, 0.1) is 0 Å². The van der Waals surface area contributed by atoms with Gasteiger partial charge in [0, 0.05) is 16.9 Å². The predicted molar refractivity (Wildman–Crippen MR) is 153 cm³/mol. The molecule has 5 nitrogen and oxygen atoms in total. The van der Waals surface area contributed by atoms with Gasteiger partial charge in [0.25, 0.3) is 5.91 Å². The van der Waals surface area contributed by atoms with Crippen LogP contribution in [0.1, 0.15) is 68.4 Å². The van der Waals surface area contributed by atoms with Gasteiger partial charge in [0.2, 0.25) is 5.91 Å². The average molecular weight is 561 g/mol. The lowest BCUT2D eigenvalue weighted by Crippen LogP contribution is -2.67. The van der Waals surface area contributed by atoms with Crippen LogP contribution < -0.4 is 10.2 Å². The van der Waals surface area contributed by atoms with Gasteiger partial charge in [0.05, 0.1) is 12.0 Å². The number of carbonyl (C=O) groups is 2. The van der Waals surface area contributed by atoms with Gasteiger partial charge in [0.1, 0.15) is 11.5 Å². The maximum absolute atomic E-state index is 14.1. The average Bonchev–Trinajstić information content (AvgIpc) is 3.42. The first kappa shape index (κ1) is 28.2. The Morgan fingerprint density at radius 1 is 0.878 bits per heavy atom. The van der Waals surface area contributed by atoms with E-state index in [9.17, 15) is 22.8 Å². The van der Waals surface area contributed by atoms with E-state index in [0.29, 0.717) is 17.3 Å². The van der Waals surface area contributed by atoms with Crippen molar-refractivity contribution in [3.05, 3.63) is 107 Å². The Kier molecular flexibility index (Phi) is 7.28. The lowest BCUT2D eigenvalue weighted by molar-refractivity contribution is -0.138. The van der Waals surface area contributed by atoms with Crippen molar-refractivity contribution < 1.29 is 27.2 Å². The number of carbonyl (C=O) groups excluding carboxylic acids is 2. The predicted octanol–water partition coefficient (Wildman–Crippen LogP) is 8.48. The summed E-state index contributed by atoms with van der Waals surface area (Å²) in [5.41, 5.74) is 1.13. The summed E-state index contributed by atoms with van der Waals surface area (Å²) >= 11 is 0. The van der Waals surface area contributed by atoms with Crippen LogP contribution in [0.4, 0.5) is 24.5 Å². The molecule has 41 heavy (non-hydrogen) atoms. The minimum Gasteiger partial charge on any atom is -0.458 e. The van der Waals surface area contributed by atoms with E-state index in [1.54, 1.807) is 30.3 Å². The number of alkyl halides is 3. The number of furan rings is 1. The normalized spacial score (nSPS) is 17.2. The SMILES string of the molecule is CC(C)c1ccc(NC(=O)C2(c3ccc(-c4cccc(C(F)(F)F)c4)o3)CC(=O)N2c2ccc(C(C)C)cc2)cc1. The second-order valence-corrected chi connectivity index (χ2v) is 11.0. The summed E-state index contributed by atoms with van der Waals surface area (Å²) in [6.45, 7) is 8.27. The highest BCUT2D eigenvalue weighted by Gasteiger charge is 2.60. The maximum atomic E-state index is 14.1. The zero-order chi connectivity index (χ0) is 29.5. The molecule has 2 amide bonds. The summed E-state index contributed by atoms with van der Waals surface area (Å²) in [6, 6.07) is 22.8. The van der Waals surface area contributed by atoms with Crippen LogP contribution in [-0.2, 0) is 21.3 Å². The van der Waals surface area contributed by atoms with E-state index in [4.69, 9.17) is 4.42 Å². The van der Waals surface area contributed by atoms with Crippen molar-refractivity contribution in [2.24, 2.45) is 0 Å². The van der Waals surface area contributed by atoms with Crippen LogP contribution in [0.2, 0.25) is 0 Å². The van der Waals surface area contributed by atoms with Gasteiger partial charge in [-0.05, 0) is 71.5 Å². The van der Waals surface area contributed by atoms with Crippen molar-refractivity contribution in [1.82, 2.24) is 0 Å². The molecule has 1 aliphatic rings. The first-order valence-electron chi connectivity index (χ1n) is 13.5. The smallest absolute Gasteiger partial charge is 0.416 e. The topological polar surface area (TPSA) is 62.6 Å². The summed E-state index contributed by atoms with van der Waals surface area (Å²) in [4.78, 5) is 28.6. The monoisotopic (exact) mass is 560 g/mol. The number of β-lactam (4-membered cyclic amide) rings is 1. The van der Waals surface area contributed by atoms with Crippen LogP contribution in [0.15, 0.2) is 89.3 Å². The van der Waals surface area contributed by atoms with Crippen molar-refractivity contribution in [3.8, 4) is 11.3 Å². The highest BCUT2D eigenvalue weighted by atomic mass is 19.4. The van der Waals surface area contributed by atoms with E-state index in [1.165, 1.54) is 23.1 Å². The molecule has 0 spiro atoms. The third kappa shape index (κ3) is 5.26. The van der Waals surface area contributed by atoms with Gasteiger partial charge in [-0.15, -0.1) is 0 Å².